The number of halogens is 1. The van der Waals surface area contributed by atoms with Gasteiger partial charge in [0.05, 0.1) is 11.4 Å². The molecule has 1 aromatic carbocycles. The van der Waals surface area contributed by atoms with Gasteiger partial charge in [-0.05, 0) is 45.1 Å². The standard InChI is InChI=1S/C25H32FN5O5S/c1-6-7-12-37(33,34)29-22-15-21(18-8-9-23(32)31(5)16-18)27-25(28-22)36-24-17(2)13-19(14-20(24)26)35-11-10-30(3)4/h8-9,13-16H,6-7,10-12H2,1-5H3,(H,27,28,29). The van der Waals surface area contributed by atoms with Gasteiger partial charge in [0.1, 0.15) is 18.2 Å². The molecule has 0 radical (unpaired) electrons. The Bertz CT molecular complexity index is 1390. The fourth-order valence-electron chi connectivity index (χ4n) is 3.31. The Morgan fingerprint density at radius 3 is 2.57 bits per heavy atom. The number of pyridine rings is 1. The van der Waals surface area contributed by atoms with Crippen LogP contribution < -0.4 is 19.8 Å². The lowest BCUT2D eigenvalue weighted by Crippen LogP contribution is -2.19. The van der Waals surface area contributed by atoms with E-state index in [9.17, 15) is 17.6 Å². The van der Waals surface area contributed by atoms with Crippen LogP contribution in [-0.2, 0) is 17.1 Å². The fourth-order valence-corrected chi connectivity index (χ4v) is 4.50. The first-order valence-electron chi connectivity index (χ1n) is 11.8. The third-order valence-corrected chi connectivity index (χ3v) is 6.66. The summed E-state index contributed by atoms with van der Waals surface area (Å²) in [6.07, 6.45) is 2.73. The average molecular weight is 534 g/mol. The Morgan fingerprint density at radius 2 is 1.92 bits per heavy atom. The molecule has 10 nitrogen and oxygen atoms in total. The van der Waals surface area contributed by atoms with Crippen molar-refractivity contribution in [1.82, 2.24) is 19.4 Å². The number of rotatable bonds is 12. The number of nitrogens with one attached hydrogen (secondary N) is 1. The van der Waals surface area contributed by atoms with E-state index in [0.29, 0.717) is 42.9 Å². The van der Waals surface area contributed by atoms with Gasteiger partial charge in [-0.15, -0.1) is 0 Å². The molecule has 0 amide bonds. The Labute approximate surface area is 216 Å². The third-order valence-electron chi connectivity index (χ3n) is 5.32. The second-order valence-corrected chi connectivity index (χ2v) is 10.7. The van der Waals surface area contributed by atoms with Crippen LogP contribution in [0.2, 0.25) is 0 Å². The van der Waals surface area contributed by atoms with Crippen LogP contribution in [0.15, 0.2) is 41.3 Å². The molecule has 0 fully saturated rings. The number of hydrogen-bond acceptors (Lipinski definition) is 8. The van der Waals surface area contributed by atoms with Crippen LogP contribution in [0.1, 0.15) is 25.3 Å². The number of unbranched alkanes of at least 4 members (excludes halogenated alkanes) is 1. The second-order valence-electron chi connectivity index (χ2n) is 8.87. The molecule has 12 heteroatoms. The molecule has 200 valence electrons. The smallest absolute Gasteiger partial charge is 0.324 e. The van der Waals surface area contributed by atoms with Crippen molar-refractivity contribution in [3.8, 4) is 28.8 Å². The predicted octanol–water partition coefficient (Wildman–Crippen LogP) is 3.56. The van der Waals surface area contributed by atoms with Crippen molar-refractivity contribution in [2.45, 2.75) is 26.7 Å². The van der Waals surface area contributed by atoms with Crippen LogP contribution >= 0.6 is 0 Å². The molecule has 0 aliphatic carbocycles. The van der Waals surface area contributed by atoms with Crippen molar-refractivity contribution >= 4 is 15.8 Å². The topological polar surface area (TPSA) is 116 Å². The molecule has 0 aliphatic rings. The molecule has 2 heterocycles. The molecule has 0 bridgehead atoms. The maximum Gasteiger partial charge on any atom is 0.324 e. The number of nitrogens with zero attached hydrogens (tertiary/aromatic N) is 4. The van der Waals surface area contributed by atoms with Crippen molar-refractivity contribution in [1.29, 1.82) is 0 Å². The van der Waals surface area contributed by atoms with Gasteiger partial charge in [-0.1, -0.05) is 13.3 Å². The summed E-state index contributed by atoms with van der Waals surface area (Å²) in [7, 11) is 1.72. The Kier molecular flexibility index (Phi) is 9.22. The van der Waals surface area contributed by atoms with Gasteiger partial charge < -0.3 is 18.9 Å². The zero-order valence-electron chi connectivity index (χ0n) is 21.6. The summed E-state index contributed by atoms with van der Waals surface area (Å²) in [5.41, 5.74) is 1.03. The maximum atomic E-state index is 15.0. The van der Waals surface area contributed by atoms with Crippen LogP contribution in [0.25, 0.3) is 11.3 Å². The van der Waals surface area contributed by atoms with E-state index >= 15 is 0 Å². The van der Waals surface area contributed by atoms with Gasteiger partial charge in [-0.3, -0.25) is 9.52 Å². The minimum absolute atomic E-state index is 0.0355. The minimum atomic E-state index is -3.68. The average Bonchev–Trinajstić information content (AvgIpc) is 2.81. The van der Waals surface area contributed by atoms with Crippen LogP contribution in [0, 0.1) is 12.7 Å². The Hall–Kier alpha value is -3.51. The fraction of sp³-hybridized carbons (Fsp3) is 0.400. The number of likely N-dealkylation sites (N-methyl/N-ethyl adjacent to an activating group) is 1. The third kappa shape index (κ3) is 7.99. The lowest BCUT2D eigenvalue weighted by atomic mass is 10.2. The molecule has 3 rings (SSSR count). The Morgan fingerprint density at radius 1 is 1.16 bits per heavy atom. The highest BCUT2D eigenvalue weighted by molar-refractivity contribution is 7.92. The zero-order chi connectivity index (χ0) is 27.2. The van der Waals surface area contributed by atoms with Crippen molar-refractivity contribution in [3.05, 3.63) is 58.3 Å². The number of sulfonamides is 1. The molecular formula is C25H32FN5O5S. The normalized spacial score (nSPS) is 11.5. The molecule has 2 aromatic heterocycles. The van der Waals surface area contributed by atoms with Crippen molar-refractivity contribution in [3.63, 3.8) is 0 Å². The van der Waals surface area contributed by atoms with Gasteiger partial charge >= 0.3 is 6.01 Å². The largest absolute Gasteiger partial charge is 0.492 e. The highest BCUT2D eigenvalue weighted by Gasteiger charge is 2.18. The summed E-state index contributed by atoms with van der Waals surface area (Å²) in [5, 5.41) is 0. The van der Waals surface area contributed by atoms with E-state index in [-0.39, 0.29) is 34.6 Å². The first-order chi connectivity index (χ1) is 17.5. The number of hydrogen-bond donors (Lipinski definition) is 1. The highest BCUT2D eigenvalue weighted by Crippen LogP contribution is 2.32. The molecular weight excluding hydrogens is 501 g/mol. The van der Waals surface area contributed by atoms with E-state index in [1.807, 2.05) is 25.9 Å². The quantitative estimate of drug-likeness (QED) is 0.376. The predicted molar refractivity (Wildman–Crippen MR) is 140 cm³/mol. The Balaban J connectivity index is 1.98. The van der Waals surface area contributed by atoms with E-state index in [4.69, 9.17) is 9.47 Å². The van der Waals surface area contributed by atoms with Gasteiger partial charge in [0.15, 0.2) is 11.6 Å². The van der Waals surface area contributed by atoms with Gasteiger partial charge in [0.25, 0.3) is 0 Å². The number of anilines is 1. The number of aromatic nitrogens is 3. The summed E-state index contributed by atoms with van der Waals surface area (Å²) in [4.78, 5) is 22.3. The minimum Gasteiger partial charge on any atom is -0.492 e. The number of benzene rings is 1. The number of aryl methyl sites for hydroxylation is 2. The van der Waals surface area contributed by atoms with E-state index in [2.05, 4.69) is 14.7 Å². The molecule has 0 spiro atoms. The first kappa shape index (κ1) is 28.1. The van der Waals surface area contributed by atoms with Gasteiger partial charge in [0.2, 0.25) is 15.6 Å². The second kappa shape index (κ2) is 12.2. The van der Waals surface area contributed by atoms with E-state index in [1.54, 1.807) is 32.3 Å². The summed E-state index contributed by atoms with van der Waals surface area (Å²) < 4.78 is 55.2. The molecule has 0 atom stereocenters. The van der Waals surface area contributed by atoms with Crippen molar-refractivity contribution < 1.29 is 22.3 Å². The van der Waals surface area contributed by atoms with Gasteiger partial charge in [-0.25, -0.2) is 12.8 Å². The summed E-state index contributed by atoms with van der Waals surface area (Å²) in [5.74, 6) is -0.555. The molecule has 0 unspecified atom stereocenters. The summed E-state index contributed by atoms with van der Waals surface area (Å²) in [6, 6.07) is 6.93. The lowest BCUT2D eigenvalue weighted by Gasteiger charge is -2.15. The monoisotopic (exact) mass is 533 g/mol. The van der Waals surface area contributed by atoms with E-state index in [1.165, 1.54) is 22.8 Å². The van der Waals surface area contributed by atoms with Crippen LogP contribution in [0.3, 0.4) is 0 Å². The molecule has 0 saturated heterocycles. The van der Waals surface area contributed by atoms with Gasteiger partial charge in [-0.2, -0.15) is 9.97 Å². The summed E-state index contributed by atoms with van der Waals surface area (Å²) >= 11 is 0. The van der Waals surface area contributed by atoms with E-state index < -0.39 is 15.8 Å². The molecule has 0 saturated carbocycles. The van der Waals surface area contributed by atoms with Crippen LogP contribution in [0.4, 0.5) is 10.2 Å². The van der Waals surface area contributed by atoms with E-state index in [0.717, 1.165) is 0 Å². The molecule has 0 aliphatic heterocycles. The lowest BCUT2D eigenvalue weighted by molar-refractivity contribution is 0.260. The molecule has 37 heavy (non-hydrogen) atoms. The van der Waals surface area contributed by atoms with Crippen LogP contribution in [-0.4, -0.2) is 60.9 Å². The highest BCUT2D eigenvalue weighted by atomic mass is 32.2. The zero-order valence-corrected chi connectivity index (χ0v) is 22.4. The number of ether oxygens (including phenoxy) is 2. The summed E-state index contributed by atoms with van der Waals surface area (Å²) in [6.45, 7) is 4.60. The van der Waals surface area contributed by atoms with Gasteiger partial charge in [0, 0.05) is 43.6 Å². The molecule has 3 aromatic rings. The van der Waals surface area contributed by atoms with Crippen molar-refractivity contribution in [2.24, 2.45) is 7.05 Å². The SMILES string of the molecule is CCCCS(=O)(=O)Nc1cc(-c2ccc(=O)n(C)c2)nc(Oc2c(C)cc(OCCN(C)C)cc2F)n1. The van der Waals surface area contributed by atoms with Crippen LogP contribution in [0.5, 0.6) is 17.5 Å². The molecule has 1 N–H and O–H groups in total. The van der Waals surface area contributed by atoms with Crippen molar-refractivity contribution in [2.75, 3.05) is 37.7 Å². The maximum absolute atomic E-state index is 15.0. The first-order valence-corrected chi connectivity index (χ1v) is 13.4.